The van der Waals surface area contributed by atoms with Crippen molar-refractivity contribution < 1.29 is 13.2 Å². The molecule has 7 nitrogen and oxygen atoms in total. The molecule has 4 rings (SSSR count). The van der Waals surface area contributed by atoms with E-state index in [1.165, 1.54) is 0 Å². The first kappa shape index (κ1) is 22.5. The summed E-state index contributed by atoms with van der Waals surface area (Å²) < 4.78 is 29.5. The van der Waals surface area contributed by atoms with Gasteiger partial charge in [0.1, 0.15) is 5.82 Å². The number of hydrogen-bond acceptors (Lipinski definition) is 4. The van der Waals surface area contributed by atoms with Crippen LogP contribution in [0.5, 0.6) is 0 Å². The second-order valence-corrected chi connectivity index (χ2v) is 10.3. The monoisotopic (exact) mass is 454 g/mol. The normalized spacial score (nSPS) is 14.8. The zero-order chi connectivity index (χ0) is 22.7. The van der Waals surface area contributed by atoms with Crippen LogP contribution in [0.3, 0.4) is 0 Å². The molecule has 2 heterocycles. The highest BCUT2D eigenvalue weighted by Crippen LogP contribution is 2.26. The lowest BCUT2D eigenvalue weighted by Crippen LogP contribution is -2.27. The van der Waals surface area contributed by atoms with Gasteiger partial charge in [-0.15, -0.1) is 0 Å². The Hall–Kier alpha value is -2.71. The number of anilines is 1. The molecule has 0 radical (unpaired) electrons. The smallest absolute Gasteiger partial charge is 0.243 e. The molecule has 1 fully saturated rings. The molecule has 0 aliphatic carbocycles. The number of imidazole rings is 1. The summed E-state index contributed by atoms with van der Waals surface area (Å²) >= 11 is 0. The molecule has 1 aromatic heterocycles. The van der Waals surface area contributed by atoms with Crippen LogP contribution in [0.4, 0.5) is 5.69 Å². The first-order chi connectivity index (χ1) is 15.4. The zero-order valence-corrected chi connectivity index (χ0v) is 19.5. The minimum absolute atomic E-state index is 0.0683. The van der Waals surface area contributed by atoms with E-state index < -0.39 is 10.0 Å². The largest absolute Gasteiger partial charge is 0.328 e. The van der Waals surface area contributed by atoms with Crippen molar-refractivity contribution in [3.05, 3.63) is 53.9 Å². The lowest BCUT2D eigenvalue weighted by molar-refractivity contribution is -0.116. The molecule has 0 atom stereocenters. The van der Waals surface area contributed by atoms with Crippen molar-refractivity contribution in [3.8, 4) is 0 Å². The first-order valence-electron chi connectivity index (χ1n) is 11.2. The number of amides is 1. The highest BCUT2D eigenvalue weighted by atomic mass is 32.2. The predicted octanol–water partition coefficient (Wildman–Crippen LogP) is 4.11. The summed E-state index contributed by atoms with van der Waals surface area (Å²) in [6.45, 7) is 6.01. The molecular formula is C24H30N4O3S. The van der Waals surface area contributed by atoms with Crippen molar-refractivity contribution >= 4 is 32.7 Å². The van der Waals surface area contributed by atoms with E-state index in [1.807, 2.05) is 37.3 Å². The fraction of sp³-hybridized carbons (Fsp3) is 0.417. The Bertz CT molecular complexity index is 1210. The van der Waals surface area contributed by atoms with E-state index in [0.29, 0.717) is 31.4 Å². The number of hydrogen-bond donors (Lipinski definition) is 1. The summed E-state index contributed by atoms with van der Waals surface area (Å²) in [6.07, 6.45) is 3.52. The molecule has 2 aromatic carbocycles. The minimum atomic E-state index is -3.49. The third kappa shape index (κ3) is 4.71. The highest BCUT2D eigenvalue weighted by molar-refractivity contribution is 7.89. The summed E-state index contributed by atoms with van der Waals surface area (Å²) in [7, 11) is -3.49. The number of nitrogens with one attached hydrogen (secondary N) is 1. The lowest BCUT2D eigenvalue weighted by Gasteiger charge is -2.15. The van der Waals surface area contributed by atoms with Gasteiger partial charge in [-0.3, -0.25) is 4.79 Å². The average Bonchev–Trinajstić information content (AvgIpc) is 3.43. The standard InChI is InChI=1S/C24H30N4O3S/c1-3-14-28-22-11-10-20(32(30,31)27-15-4-5-16-27)17-21(22)26-23(28)12-13-24(29)25-19-8-6-18(2)7-9-19/h6-11,17H,3-5,12-16H2,1-2H3,(H,25,29). The molecule has 32 heavy (non-hydrogen) atoms. The van der Waals surface area contributed by atoms with Crippen LogP contribution >= 0.6 is 0 Å². The molecule has 3 aromatic rings. The fourth-order valence-electron chi connectivity index (χ4n) is 4.15. The van der Waals surface area contributed by atoms with Gasteiger partial charge in [-0.1, -0.05) is 24.6 Å². The van der Waals surface area contributed by atoms with Crippen LogP contribution in [0.25, 0.3) is 11.0 Å². The molecule has 0 unspecified atom stereocenters. The molecule has 1 N–H and O–H groups in total. The van der Waals surface area contributed by atoms with Gasteiger partial charge >= 0.3 is 0 Å². The van der Waals surface area contributed by atoms with Crippen molar-refractivity contribution in [1.82, 2.24) is 13.9 Å². The van der Waals surface area contributed by atoms with Crippen molar-refractivity contribution in [3.63, 3.8) is 0 Å². The number of nitrogens with zero attached hydrogens (tertiary/aromatic N) is 3. The number of benzene rings is 2. The van der Waals surface area contributed by atoms with E-state index >= 15 is 0 Å². The summed E-state index contributed by atoms with van der Waals surface area (Å²) in [5.41, 5.74) is 3.48. The molecule has 8 heteroatoms. The summed E-state index contributed by atoms with van der Waals surface area (Å²) in [6, 6.07) is 12.9. The van der Waals surface area contributed by atoms with Gasteiger partial charge in [-0.25, -0.2) is 13.4 Å². The first-order valence-corrected chi connectivity index (χ1v) is 12.7. The van der Waals surface area contributed by atoms with Crippen molar-refractivity contribution in [2.75, 3.05) is 18.4 Å². The molecule has 1 aliphatic heterocycles. The molecule has 0 bridgehead atoms. The van der Waals surface area contributed by atoms with Crippen LogP contribution in [0.2, 0.25) is 0 Å². The Balaban J connectivity index is 1.54. The molecule has 0 spiro atoms. The number of carbonyl (C=O) groups excluding carboxylic acids is 1. The van der Waals surface area contributed by atoms with E-state index in [-0.39, 0.29) is 10.8 Å². The summed E-state index contributed by atoms with van der Waals surface area (Å²) in [5, 5.41) is 2.92. The topological polar surface area (TPSA) is 84.3 Å². The maximum absolute atomic E-state index is 12.9. The third-order valence-corrected chi connectivity index (χ3v) is 7.75. The number of carbonyl (C=O) groups is 1. The maximum atomic E-state index is 12.9. The predicted molar refractivity (Wildman–Crippen MR) is 126 cm³/mol. The number of rotatable bonds is 8. The average molecular weight is 455 g/mol. The Kier molecular flexibility index (Phi) is 6.62. The maximum Gasteiger partial charge on any atom is 0.243 e. The second kappa shape index (κ2) is 9.42. The van der Waals surface area contributed by atoms with Crippen molar-refractivity contribution in [2.24, 2.45) is 0 Å². The zero-order valence-electron chi connectivity index (χ0n) is 18.7. The number of aromatic nitrogens is 2. The van der Waals surface area contributed by atoms with Crippen molar-refractivity contribution in [2.45, 2.75) is 57.4 Å². The Morgan fingerprint density at radius 1 is 1.09 bits per heavy atom. The van der Waals surface area contributed by atoms with Gasteiger partial charge in [-0.05, 0) is 56.5 Å². The number of aryl methyl sites for hydroxylation is 3. The van der Waals surface area contributed by atoms with E-state index in [1.54, 1.807) is 16.4 Å². The Morgan fingerprint density at radius 3 is 2.50 bits per heavy atom. The molecule has 170 valence electrons. The molecule has 1 amide bonds. The van der Waals surface area contributed by atoms with E-state index in [2.05, 4.69) is 16.8 Å². The van der Waals surface area contributed by atoms with Gasteiger partial charge in [-0.2, -0.15) is 4.31 Å². The molecule has 1 aliphatic rings. The highest BCUT2D eigenvalue weighted by Gasteiger charge is 2.27. The van der Waals surface area contributed by atoms with Crippen LogP contribution in [0.15, 0.2) is 47.4 Å². The minimum Gasteiger partial charge on any atom is -0.328 e. The fourth-order valence-corrected chi connectivity index (χ4v) is 5.68. The number of sulfonamides is 1. The summed E-state index contributed by atoms with van der Waals surface area (Å²) in [4.78, 5) is 17.5. The van der Waals surface area contributed by atoms with Gasteiger partial charge in [0.2, 0.25) is 15.9 Å². The van der Waals surface area contributed by atoms with Crippen LogP contribution in [0.1, 0.15) is 44.0 Å². The summed E-state index contributed by atoms with van der Waals surface area (Å²) in [5.74, 6) is 0.734. The van der Waals surface area contributed by atoms with Gasteiger partial charge in [0.25, 0.3) is 0 Å². The third-order valence-electron chi connectivity index (χ3n) is 5.86. The lowest BCUT2D eigenvalue weighted by atomic mass is 10.2. The van der Waals surface area contributed by atoms with Gasteiger partial charge in [0, 0.05) is 38.2 Å². The quantitative estimate of drug-likeness (QED) is 0.555. The van der Waals surface area contributed by atoms with Crippen LogP contribution in [-0.2, 0) is 27.8 Å². The van der Waals surface area contributed by atoms with Crippen LogP contribution < -0.4 is 5.32 Å². The molecular weight excluding hydrogens is 424 g/mol. The SMILES string of the molecule is CCCn1c(CCC(=O)Nc2ccc(C)cc2)nc2cc(S(=O)(=O)N3CCCC3)ccc21. The van der Waals surface area contributed by atoms with Gasteiger partial charge in [0.05, 0.1) is 15.9 Å². The van der Waals surface area contributed by atoms with Crippen LogP contribution in [-0.4, -0.2) is 41.3 Å². The Labute approximate surface area is 189 Å². The Morgan fingerprint density at radius 2 is 1.81 bits per heavy atom. The molecule has 0 saturated carbocycles. The second-order valence-electron chi connectivity index (χ2n) is 8.36. The number of fused-ring (bicyclic) bond motifs is 1. The van der Waals surface area contributed by atoms with E-state index in [0.717, 1.165) is 48.4 Å². The van der Waals surface area contributed by atoms with E-state index in [9.17, 15) is 13.2 Å². The molecule has 1 saturated heterocycles. The van der Waals surface area contributed by atoms with E-state index in [4.69, 9.17) is 4.98 Å². The van der Waals surface area contributed by atoms with Gasteiger partial charge < -0.3 is 9.88 Å². The van der Waals surface area contributed by atoms with Crippen molar-refractivity contribution in [1.29, 1.82) is 0 Å². The van der Waals surface area contributed by atoms with Crippen LogP contribution in [0, 0.1) is 6.92 Å². The van der Waals surface area contributed by atoms with Gasteiger partial charge in [0.15, 0.2) is 0 Å².